The van der Waals surface area contributed by atoms with Crippen LogP contribution in [-0.4, -0.2) is 22.1 Å². The fraction of sp³-hybridized carbons (Fsp3) is 0.0833. The molecule has 1 heterocycles. The Balaban J connectivity index is 2.07. The van der Waals surface area contributed by atoms with E-state index in [2.05, 4.69) is 15.6 Å². The molecule has 2 rings (SSSR count). The molecule has 1 amide bonds. The molecule has 0 fully saturated rings. The molecule has 0 aliphatic rings. The lowest BCUT2D eigenvalue weighted by Crippen LogP contribution is -2.23. The second kappa shape index (κ2) is 5.67. The Morgan fingerprint density at radius 1 is 1.42 bits per heavy atom. The summed E-state index contributed by atoms with van der Waals surface area (Å²) < 4.78 is 4.86. The van der Waals surface area contributed by atoms with Crippen LogP contribution >= 0.6 is 0 Å². The van der Waals surface area contributed by atoms with Crippen molar-refractivity contribution >= 4 is 11.7 Å². The zero-order valence-electron chi connectivity index (χ0n) is 9.91. The molecule has 0 aliphatic heterocycles. The van der Waals surface area contributed by atoms with Crippen LogP contribution in [0.25, 0.3) is 0 Å². The SMILES string of the molecule is N/C(=N/O)c1cccc(C(=O)NCc2ccno2)c1. The number of oxime groups is 1. The number of amidine groups is 1. The quantitative estimate of drug-likeness (QED) is 0.324. The third kappa shape index (κ3) is 3.09. The van der Waals surface area contributed by atoms with Crippen molar-refractivity contribution in [3.8, 4) is 0 Å². The molecule has 7 heteroatoms. The van der Waals surface area contributed by atoms with Crippen molar-refractivity contribution in [1.82, 2.24) is 10.5 Å². The molecule has 0 bridgehead atoms. The van der Waals surface area contributed by atoms with E-state index in [1.54, 1.807) is 24.3 Å². The zero-order chi connectivity index (χ0) is 13.7. The summed E-state index contributed by atoms with van der Waals surface area (Å²) in [7, 11) is 0. The van der Waals surface area contributed by atoms with Crippen LogP contribution in [0.4, 0.5) is 0 Å². The number of carbonyl (C=O) groups is 1. The fourth-order valence-corrected chi connectivity index (χ4v) is 1.48. The van der Waals surface area contributed by atoms with Crippen molar-refractivity contribution in [2.45, 2.75) is 6.54 Å². The minimum absolute atomic E-state index is 0.0510. The second-order valence-corrected chi connectivity index (χ2v) is 3.73. The fourth-order valence-electron chi connectivity index (χ4n) is 1.48. The average Bonchev–Trinajstić information content (AvgIpc) is 2.97. The highest BCUT2D eigenvalue weighted by molar-refractivity contribution is 6.01. The van der Waals surface area contributed by atoms with Crippen LogP contribution in [0.2, 0.25) is 0 Å². The van der Waals surface area contributed by atoms with Gasteiger partial charge in [0.1, 0.15) is 0 Å². The van der Waals surface area contributed by atoms with E-state index >= 15 is 0 Å². The lowest BCUT2D eigenvalue weighted by Gasteiger charge is -2.05. The molecule has 0 saturated carbocycles. The van der Waals surface area contributed by atoms with Gasteiger partial charge in [-0.25, -0.2) is 0 Å². The van der Waals surface area contributed by atoms with Crippen LogP contribution in [0.1, 0.15) is 21.7 Å². The second-order valence-electron chi connectivity index (χ2n) is 3.73. The van der Waals surface area contributed by atoms with Crippen molar-refractivity contribution < 1.29 is 14.5 Å². The van der Waals surface area contributed by atoms with Gasteiger partial charge in [0.15, 0.2) is 11.6 Å². The van der Waals surface area contributed by atoms with E-state index < -0.39 is 0 Å². The third-order valence-electron chi connectivity index (χ3n) is 2.44. The van der Waals surface area contributed by atoms with Crippen molar-refractivity contribution in [3.63, 3.8) is 0 Å². The van der Waals surface area contributed by atoms with E-state index in [0.29, 0.717) is 16.9 Å². The number of nitrogens with one attached hydrogen (secondary N) is 1. The lowest BCUT2D eigenvalue weighted by molar-refractivity contribution is 0.0947. The van der Waals surface area contributed by atoms with Crippen molar-refractivity contribution in [1.29, 1.82) is 0 Å². The molecule has 98 valence electrons. The first-order chi connectivity index (χ1) is 9.20. The molecule has 0 aliphatic carbocycles. The highest BCUT2D eigenvalue weighted by atomic mass is 16.5. The Labute approximate surface area is 108 Å². The van der Waals surface area contributed by atoms with Gasteiger partial charge in [-0.1, -0.05) is 22.4 Å². The van der Waals surface area contributed by atoms with Crippen LogP contribution in [0.3, 0.4) is 0 Å². The van der Waals surface area contributed by atoms with Gasteiger partial charge < -0.3 is 20.8 Å². The number of nitrogens with zero attached hydrogens (tertiary/aromatic N) is 2. The Morgan fingerprint density at radius 3 is 2.89 bits per heavy atom. The standard InChI is InChI=1S/C12H12N4O3/c13-11(16-18)8-2-1-3-9(6-8)12(17)14-7-10-4-5-15-19-10/h1-6,18H,7H2,(H2,13,16)(H,14,17). The van der Waals surface area contributed by atoms with Gasteiger partial charge in [0.2, 0.25) is 0 Å². The van der Waals surface area contributed by atoms with E-state index in [1.807, 2.05) is 0 Å². The Bertz CT molecular complexity index is 593. The van der Waals surface area contributed by atoms with Gasteiger partial charge in [-0.2, -0.15) is 0 Å². The van der Waals surface area contributed by atoms with Crippen LogP contribution in [0.5, 0.6) is 0 Å². The summed E-state index contributed by atoms with van der Waals surface area (Å²) in [5.41, 5.74) is 6.33. The topological polar surface area (TPSA) is 114 Å². The molecule has 0 radical (unpaired) electrons. The van der Waals surface area contributed by atoms with Crippen LogP contribution in [0, 0.1) is 0 Å². The predicted octanol–water partition coefficient (Wildman–Crippen LogP) is 0.699. The number of rotatable bonds is 4. The minimum atomic E-state index is -0.288. The normalized spacial score (nSPS) is 11.3. The predicted molar refractivity (Wildman–Crippen MR) is 66.6 cm³/mol. The molecule has 0 unspecified atom stereocenters. The van der Waals surface area contributed by atoms with E-state index in [-0.39, 0.29) is 18.3 Å². The first-order valence-electron chi connectivity index (χ1n) is 5.46. The number of amides is 1. The highest BCUT2D eigenvalue weighted by Crippen LogP contribution is 2.06. The monoisotopic (exact) mass is 260 g/mol. The Kier molecular flexibility index (Phi) is 3.77. The molecular weight excluding hydrogens is 248 g/mol. The van der Waals surface area contributed by atoms with Gasteiger partial charge in [-0.3, -0.25) is 4.79 Å². The summed E-state index contributed by atoms with van der Waals surface area (Å²) in [6, 6.07) is 8.11. The molecule has 1 aromatic carbocycles. The largest absolute Gasteiger partial charge is 0.409 e. The molecule has 0 spiro atoms. The maximum Gasteiger partial charge on any atom is 0.251 e. The number of hydrogen-bond donors (Lipinski definition) is 3. The summed E-state index contributed by atoms with van der Waals surface area (Å²) in [5.74, 6) is 0.217. The van der Waals surface area contributed by atoms with Crippen LogP contribution in [0.15, 0.2) is 46.2 Å². The number of benzene rings is 1. The van der Waals surface area contributed by atoms with Gasteiger partial charge >= 0.3 is 0 Å². The Morgan fingerprint density at radius 2 is 2.21 bits per heavy atom. The van der Waals surface area contributed by atoms with Crippen molar-refractivity contribution in [2.75, 3.05) is 0 Å². The smallest absolute Gasteiger partial charge is 0.251 e. The number of nitrogens with two attached hydrogens (primary N) is 1. The summed E-state index contributed by atoms with van der Waals surface area (Å²) >= 11 is 0. The number of aromatic nitrogens is 1. The molecule has 4 N–H and O–H groups in total. The summed E-state index contributed by atoms with van der Waals surface area (Å²) in [6.45, 7) is 0.243. The molecule has 1 aromatic heterocycles. The molecule has 0 atom stereocenters. The van der Waals surface area contributed by atoms with Crippen molar-refractivity contribution in [2.24, 2.45) is 10.9 Å². The van der Waals surface area contributed by atoms with E-state index in [1.165, 1.54) is 12.3 Å². The van der Waals surface area contributed by atoms with E-state index in [9.17, 15) is 4.79 Å². The first kappa shape index (κ1) is 12.6. The maximum atomic E-state index is 11.9. The van der Waals surface area contributed by atoms with Gasteiger partial charge in [0.05, 0.1) is 12.7 Å². The van der Waals surface area contributed by atoms with Gasteiger partial charge in [0.25, 0.3) is 5.91 Å². The zero-order valence-corrected chi connectivity index (χ0v) is 9.91. The number of carbonyl (C=O) groups excluding carboxylic acids is 1. The van der Waals surface area contributed by atoms with Crippen LogP contribution in [-0.2, 0) is 6.54 Å². The first-order valence-corrected chi connectivity index (χ1v) is 5.46. The minimum Gasteiger partial charge on any atom is -0.409 e. The molecule has 7 nitrogen and oxygen atoms in total. The molecule has 0 saturated heterocycles. The summed E-state index contributed by atoms with van der Waals surface area (Å²) in [4.78, 5) is 11.9. The van der Waals surface area contributed by atoms with E-state index in [0.717, 1.165) is 0 Å². The number of hydrogen-bond acceptors (Lipinski definition) is 5. The molecular formula is C12H12N4O3. The van der Waals surface area contributed by atoms with Gasteiger partial charge in [0, 0.05) is 17.2 Å². The highest BCUT2D eigenvalue weighted by Gasteiger charge is 2.08. The maximum absolute atomic E-state index is 11.9. The van der Waals surface area contributed by atoms with E-state index in [4.69, 9.17) is 15.5 Å². The third-order valence-corrected chi connectivity index (χ3v) is 2.44. The molecule has 19 heavy (non-hydrogen) atoms. The van der Waals surface area contributed by atoms with Gasteiger partial charge in [-0.05, 0) is 12.1 Å². The lowest BCUT2D eigenvalue weighted by atomic mass is 10.1. The van der Waals surface area contributed by atoms with Crippen molar-refractivity contribution in [3.05, 3.63) is 53.4 Å². The summed E-state index contributed by atoms with van der Waals surface area (Å²) in [6.07, 6.45) is 1.50. The molecule has 2 aromatic rings. The Hall–Kier alpha value is -2.83. The van der Waals surface area contributed by atoms with Gasteiger partial charge in [-0.15, -0.1) is 0 Å². The average molecular weight is 260 g/mol. The summed E-state index contributed by atoms with van der Waals surface area (Å²) in [5, 5.41) is 17.7. The van der Waals surface area contributed by atoms with Crippen LogP contribution < -0.4 is 11.1 Å².